The molecular weight excluding hydrogens is 336 g/mol. The molecule has 1 N–H and O–H groups in total. The summed E-state index contributed by atoms with van der Waals surface area (Å²) < 4.78 is 11.6. The highest BCUT2D eigenvalue weighted by molar-refractivity contribution is 9.10. The van der Waals surface area contributed by atoms with Gasteiger partial charge >= 0.3 is 6.09 Å². The number of ether oxygens (including phenoxy) is 1. The lowest BCUT2D eigenvalue weighted by molar-refractivity contribution is 0.0624. The van der Waals surface area contributed by atoms with E-state index in [0.717, 1.165) is 29.3 Å². The maximum absolute atomic E-state index is 11.9. The van der Waals surface area contributed by atoms with Crippen molar-refractivity contribution in [1.29, 1.82) is 0 Å². The molecule has 1 aliphatic carbocycles. The molecule has 2 aromatic rings. The van der Waals surface area contributed by atoms with Crippen molar-refractivity contribution in [2.75, 3.05) is 5.32 Å². The molecule has 0 atom stereocenters. The van der Waals surface area contributed by atoms with Crippen molar-refractivity contribution in [3.8, 4) is 11.3 Å². The Morgan fingerprint density at radius 2 is 2.10 bits per heavy atom. The fraction of sp³-hybridized carbons (Fsp3) is 0.333. The summed E-state index contributed by atoms with van der Waals surface area (Å²) in [5.74, 6) is 0.533. The number of nitrogens with zero attached hydrogens (tertiary/aromatic N) is 1. The first kappa shape index (κ1) is 14.1. The van der Waals surface area contributed by atoms with Crippen LogP contribution < -0.4 is 5.32 Å². The van der Waals surface area contributed by atoms with Gasteiger partial charge in [0.15, 0.2) is 5.76 Å². The van der Waals surface area contributed by atoms with Gasteiger partial charge in [-0.2, -0.15) is 0 Å². The molecule has 0 spiro atoms. The molecule has 21 heavy (non-hydrogen) atoms. The van der Waals surface area contributed by atoms with Gasteiger partial charge in [0.25, 0.3) is 0 Å². The molecule has 5 nitrogen and oxygen atoms in total. The normalized spacial score (nSPS) is 14.6. The monoisotopic (exact) mass is 350 g/mol. The van der Waals surface area contributed by atoms with Gasteiger partial charge in [0.05, 0.1) is 0 Å². The van der Waals surface area contributed by atoms with Crippen LogP contribution in [0.1, 0.15) is 25.0 Å². The van der Waals surface area contributed by atoms with Crippen LogP contribution in [-0.4, -0.2) is 17.4 Å². The van der Waals surface area contributed by atoms with Crippen LogP contribution in [0.2, 0.25) is 0 Å². The Morgan fingerprint density at radius 1 is 1.38 bits per heavy atom. The minimum absolute atomic E-state index is 0.0429. The quantitative estimate of drug-likeness (QED) is 0.883. The first-order valence-corrected chi connectivity index (χ1v) is 7.62. The van der Waals surface area contributed by atoms with Crippen LogP contribution in [0.3, 0.4) is 0 Å². The summed E-state index contributed by atoms with van der Waals surface area (Å²) in [6.07, 6.45) is 2.59. The third-order valence-electron chi connectivity index (χ3n) is 3.52. The average molecular weight is 351 g/mol. The van der Waals surface area contributed by atoms with Gasteiger partial charge in [0.2, 0.25) is 0 Å². The fourth-order valence-corrected chi connectivity index (χ4v) is 2.35. The molecule has 0 radical (unpaired) electrons. The average Bonchev–Trinajstić information content (AvgIpc) is 2.77. The molecule has 110 valence electrons. The van der Waals surface area contributed by atoms with Crippen LogP contribution >= 0.6 is 15.9 Å². The number of hydrogen-bond acceptors (Lipinski definition) is 4. The van der Waals surface area contributed by atoms with Gasteiger partial charge in [-0.1, -0.05) is 21.1 Å². The highest BCUT2D eigenvalue weighted by atomic mass is 79.9. The van der Waals surface area contributed by atoms with E-state index in [1.165, 1.54) is 0 Å². The molecule has 1 aromatic heterocycles. The number of aryl methyl sites for hydroxylation is 1. The first-order chi connectivity index (χ1) is 10.1. The zero-order valence-electron chi connectivity index (χ0n) is 11.6. The Balaban J connectivity index is 1.79. The number of nitrogens with one attached hydrogen (secondary N) is 1. The highest BCUT2D eigenvalue weighted by Gasteiger charge is 2.24. The third-order valence-corrected chi connectivity index (χ3v) is 4.05. The Morgan fingerprint density at radius 3 is 2.71 bits per heavy atom. The van der Waals surface area contributed by atoms with Crippen molar-refractivity contribution >= 4 is 27.7 Å². The molecule has 1 heterocycles. The molecular formula is C15H15BrN2O3. The molecule has 0 unspecified atom stereocenters. The second-order valence-electron chi connectivity index (χ2n) is 5.06. The summed E-state index contributed by atoms with van der Waals surface area (Å²) in [6.45, 7) is 1.78. The van der Waals surface area contributed by atoms with E-state index in [1.807, 2.05) is 24.3 Å². The molecule has 1 saturated carbocycles. The number of benzene rings is 1. The zero-order valence-corrected chi connectivity index (χ0v) is 13.1. The van der Waals surface area contributed by atoms with Gasteiger partial charge in [0, 0.05) is 10.0 Å². The van der Waals surface area contributed by atoms with E-state index in [0.29, 0.717) is 17.1 Å². The molecule has 0 bridgehead atoms. The lowest BCUT2D eigenvalue weighted by Gasteiger charge is -2.25. The van der Waals surface area contributed by atoms with Gasteiger partial charge in [-0.05, 0) is 50.5 Å². The maximum atomic E-state index is 11.9. The molecule has 1 fully saturated rings. The molecule has 0 aliphatic heterocycles. The Hall–Kier alpha value is -1.82. The molecule has 0 saturated heterocycles. The minimum Gasteiger partial charge on any atom is -0.446 e. The van der Waals surface area contributed by atoms with E-state index in [2.05, 4.69) is 26.4 Å². The number of halogens is 1. The number of aromatic nitrogens is 1. The van der Waals surface area contributed by atoms with Crippen molar-refractivity contribution in [3.05, 3.63) is 34.4 Å². The second-order valence-corrected chi connectivity index (χ2v) is 5.98. The van der Waals surface area contributed by atoms with Crippen LogP contribution in [0.4, 0.5) is 10.5 Å². The number of carbonyl (C=O) groups is 1. The van der Waals surface area contributed by atoms with E-state index in [1.54, 1.807) is 6.92 Å². The summed E-state index contributed by atoms with van der Waals surface area (Å²) in [5.41, 5.74) is 2.03. The van der Waals surface area contributed by atoms with Crippen molar-refractivity contribution in [2.24, 2.45) is 0 Å². The maximum Gasteiger partial charge on any atom is 0.412 e. The summed E-state index contributed by atoms with van der Waals surface area (Å²) in [7, 11) is 0. The summed E-state index contributed by atoms with van der Waals surface area (Å²) in [4.78, 5) is 11.9. The van der Waals surface area contributed by atoms with Crippen LogP contribution in [0, 0.1) is 6.92 Å². The zero-order chi connectivity index (χ0) is 14.8. The number of rotatable bonds is 3. The summed E-state index contributed by atoms with van der Waals surface area (Å²) in [5, 5.41) is 6.67. The minimum atomic E-state index is -0.454. The predicted molar refractivity (Wildman–Crippen MR) is 82.1 cm³/mol. The van der Waals surface area contributed by atoms with E-state index in [9.17, 15) is 4.79 Å². The predicted octanol–water partition coefficient (Wildman–Crippen LogP) is 4.51. The van der Waals surface area contributed by atoms with E-state index in [4.69, 9.17) is 9.26 Å². The molecule has 3 rings (SSSR count). The number of carbonyl (C=O) groups excluding carboxylic acids is 1. The van der Waals surface area contributed by atoms with Crippen LogP contribution in [-0.2, 0) is 4.74 Å². The number of amides is 1. The number of hydrogen-bond donors (Lipinski definition) is 1. The summed E-state index contributed by atoms with van der Waals surface area (Å²) in [6, 6.07) is 7.60. The van der Waals surface area contributed by atoms with Crippen molar-refractivity contribution in [2.45, 2.75) is 32.3 Å². The van der Waals surface area contributed by atoms with E-state index >= 15 is 0 Å². The molecule has 1 amide bonds. The van der Waals surface area contributed by atoms with Crippen LogP contribution in [0.25, 0.3) is 11.3 Å². The van der Waals surface area contributed by atoms with Crippen LogP contribution in [0.15, 0.2) is 33.3 Å². The molecule has 1 aromatic carbocycles. The van der Waals surface area contributed by atoms with Crippen LogP contribution in [0.5, 0.6) is 0 Å². The van der Waals surface area contributed by atoms with Gasteiger partial charge < -0.3 is 9.26 Å². The van der Waals surface area contributed by atoms with Crippen molar-refractivity contribution in [3.63, 3.8) is 0 Å². The fourth-order valence-electron chi connectivity index (χ4n) is 2.09. The van der Waals surface area contributed by atoms with Gasteiger partial charge in [-0.3, -0.25) is 5.32 Å². The lowest BCUT2D eigenvalue weighted by atomic mass is 9.96. The Kier molecular flexibility index (Phi) is 3.96. The SMILES string of the molecule is Cc1noc(-c2ccc(Br)cc2)c1NC(=O)OC1CCC1. The smallest absolute Gasteiger partial charge is 0.412 e. The topological polar surface area (TPSA) is 64.4 Å². The standard InChI is InChI=1S/C15H15BrN2O3/c1-9-13(17-15(19)20-12-3-2-4-12)14(21-18-9)10-5-7-11(16)8-6-10/h5-8,12H,2-4H2,1H3,(H,17,19). The van der Waals surface area contributed by atoms with Gasteiger partial charge in [-0.15, -0.1) is 0 Å². The largest absolute Gasteiger partial charge is 0.446 e. The Labute approximate surface area is 130 Å². The van der Waals surface area contributed by atoms with Crippen molar-refractivity contribution < 1.29 is 14.1 Å². The molecule has 1 aliphatic rings. The van der Waals surface area contributed by atoms with E-state index < -0.39 is 6.09 Å². The number of anilines is 1. The third kappa shape index (κ3) is 3.10. The van der Waals surface area contributed by atoms with Crippen molar-refractivity contribution in [1.82, 2.24) is 5.16 Å². The highest BCUT2D eigenvalue weighted by Crippen LogP contribution is 2.32. The second kappa shape index (κ2) is 5.89. The first-order valence-electron chi connectivity index (χ1n) is 6.83. The Bertz CT molecular complexity index is 647. The van der Waals surface area contributed by atoms with E-state index in [-0.39, 0.29) is 6.10 Å². The lowest BCUT2D eigenvalue weighted by Crippen LogP contribution is -2.27. The summed E-state index contributed by atoms with van der Waals surface area (Å²) >= 11 is 3.39. The molecule has 6 heteroatoms. The van der Waals surface area contributed by atoms with Gasteiger partial charge in [0.1, 0.15) is 17.5 Å². The van der Waals surface area contributed by atoms with Gasteiger partial charge in [-0.25, -0.2) is 4.79 Å².